The molecule has 0 N–H and O–H groups in total. The quantitative estimate of drug-likeness (QED) is 0.434. The molecule has 5 heteroatoms. The van der Waals surface area contributed by atoms with Crippen LogP contribution in [0.1, 0.15) is 18.1 Å². The molecule has 0 atom stereocenters. The number of methoxy groups -OCH3 is 1. The molecule has 0 aliphatic carbocycles. The Morgan fingerprint density at radius 3 is 2.39 bits per heavy atom. The van der Waals surface area contributed by atoms with Crippen LogP contribution in [0.25, 0.3) is 0 Å². The van der Waals surface area contributed by atoms with Gasteiger partial charge in [0.05, 0.1) is 24.4 Å². The van der Waals surface area contributed by atoms with Gasteiger partial charge in [0.25, 0.3) is 0 Å². The van der Waals surface area contributed by atoms with Crippen LogP contribution in [0.5, 0.6) is 17.2 Å². The second-order valence-electron chi connectivity index (χ2n) is 5.99. The van der Waals surface area contributed by atoms with E-state index in [0.29, 0.717) is 29.7 Å². The molecule has 0 bridgehead atoms. The van der Waals surface area contributed by atoms with Crippen LogP contribution >= 0.6 is 11.6 Å². The SMILES string of the molecule is CCOc1ccc(N=Cc2cc(Cl)c(OCc3ccccc3)c(OC)c2)cc1. The Bertz CT molecular complexity index is 925. The highest BCUT2D eigenvalue weighted by Crippen LogP contribution is 2.36. The Morgan fingerprint density at radius 1 is 0.964 bits per heavy atom. The van der Waals surface area contributed by atoms with Crippen LogP contribution < -0.4 is 14.2 Å². The zero-order valence-corrected chi connectivity index (χ0v) is 16.6. The summed E-state index contributed by atoms with van der Waals surface area (Å²) in [5.74, 6) is 1.91. The first-order valence-corrected chi connectivity index (χ1v) is 9.38. The summed E-state index contributed by atoms with van der Waals surface area (Å²) in [5.41, 5.74) is 2.70. The number of rotatable bonds is 8. The summed E-state index contributed by atoms with van der Waals surface area (Å²) in [4.78, 5) is 4.48. The smallest absolute Gasteiger partial charge is 0.180 e. The number of hydrogen-bond acceptors (Lipinski definition) is 4. The molecule has 0 fully saturated rings. The third-order valence-electron chi connectivity index (χ3n) is 3.99. The van der Waals surface area contributed by atoms with E-state index in [-0.39, 0.29) is 0 Å². The highest BCUT2D eigenvalue weighted by molar-refractivity contribution is 6.32. The van der Waals surface area contributed by atoms with E-state index in [2.05, 4.69) is 4.99 Å². The molecule has 0 saturated carbocycles. The van der Waals surface area contributed by atoms with E-state index in [0.717, 1.165) is 22.6 Å². The molecule has 0 aliphatic heterocycles. The first kappa shape index (κ1) is 19.8. The van der Waals surface area contributed by atoms with Gasteiger partial charge in [-0.25, -0.2) is 0 Å². The fourth-order valence-corrected chi connectivity index (χ4v) is 2.90. The normalized spacial score (nSPS) is 10.8. The van der Waals surface area contributed by atoms with Gasteiger partial charge in [-0.2, -0.15) is 0 Å². The number of ether oxygens (including phenoxy) is 3. The maximum atomic E-state index is 6.43. The molecule has 0 amide bonds. The van der Waals surface area contributed by atoms with E-state index >= 15 is 0 Å². The van der Waals surface area contributed by atoms with E-state index in [9.17, 15) is 0 Å². The molecule has 3 rings (SSSR count). The summed E-state index contributed by atoms with van der Waals surface area (Å²) in [6.07, 6.45) is 1.74. The summed E-state index contributed by atoms with van der Waals surface area (Å²) < 4.78 is 16.8. The van der Waals surface area contributed by atoms with Gasteiger partial charge in [-0.15, -0.1) is 0 Å². The highest BCUT2D eigenvalue weighted by Gasteiger charge is 2.12. The molecule has 0 unspecified atom stereocenters. The van der Waals surface area contributed by atoms with E-state index in [1.165, 1.54) is 0 Å². The van der Waals surface area contributed by atoms with Crippen LogP contribution in [0.2, 0.25) is 5.02 Å². The average molecular weight is 396 g/mol. The van der Waals surface area contributed by atoms with Crippen molar-refractivity contribution in [2.75, 3.05) is 13.7 Å². The Labute approximate surface area is 170 Å². The number of nitrogens with zero attached hydrogens (tertiary/aromatic N) is 1. The minimum atomic E-state index is 0.413. The van der Waals surface area contributed by atoms with Crippen molar-refractivity contribution in [3.05, 3.63) is 82.9 Å². The summed E-state index contributed by atoms with van der Waals surface area (Å²) >= 11 is 6.43. The van der Waals surface area contributed by atoms with Crippen molar-refractivity contribution in [2.24, 2.45) is 4.99 Å². The van der Waals surface area contributed by atoms with Gasteiger partial charge in [-0.05, 0) is 54.4 Å². The van der Waals surface area contributed by atoms with E-state index in [1.807, 2.05) is 73.7 Å². The second kappa shape index (κ2) is 9.81. The van der Waals surface area contributed by atoms with Crippen LogP contribution in [0, 0.1) is 0 Å². The number of halogens is 1. The van der Waals surface area contributed by atoms with Gasteiger partial charge in [-0.1, -0.05) is 41.9 Å². The Kier molecular flexibility index (Phi) is 6.93. The molecule has 4 nitrogen and oxygen atoms in total. The van der Waals surface area contributed by atoms with Crippen molar-refractivity contribution in [1.82, 2.24) is 0 Å². The zero-order chi connectivity index (χ0) is 19.8. The van der Waals surface area contributed by atoms with Crippen LogP contribution in [0.4, 0.5) is 5.69 Å². The van der Waals surface area contributed by atoms with Crippen LogP contribution in [-0.2, 0) is 6.61 Å². The molecule has 3 aromatic rings. The predicted molar refractivity (Wildman–Crippen MR) is 114 cm³/mol. The lowest BCUT2D eigenvalue weighted by Gasteiger charge is -2.13. The van der Waals surface area contributed by atoms with Crippen LogP contribution in [0.3, 0.4) is 0 Å². The van der Waals surface area contributed by atoms with Gasteiger partial charge in [0.15, 0.2) is 11.5 Å². The van der Waals surface area contributed by atoms with Crippen molar-refractivity contribution in [1.29, 1.82) is 0 Å². The van der Waals surface area contributed by atoms with Gasteiger partial charge in [-0.3, -0.25) is 4.99 Å². The van der Waals surface area contributed by atoms with Gasteiger partial charge in [0.2, 0.25) is 0 Å². The summed E-state index contributed by atoms with van der Waals surface area (Å²) in [5, 5.41) is 0.475. The molecule has 0 saturated heterocycles. The van der Waals surface area contributed by atoms with E-state index in [4.69, 9.17) is 25.8 Å². The lowest BCUT2D eigenvalue weighted by atomic mass is 10.2. The molecular formula is C23H22ClNO3. The molecule has 0 aromatic heterocycles. The summed E-state index contributed by atoms with van der Waals surface area (Å²) in [7, 11) is 1.59. The first-order chi connectivity index (χ1) is 13.7. The van der Waals surface area contributed by atoms with Crippen molar-refractivity contribution in [2.45, 2.75) is 13.5 Å². The first-order valence-electron chi connectivity index (χ1n) is 9.00. The van der Waals surface area contributed by atoms with Gasteiger partial charge < -0.3 is 14.2 Å². The molecule has 3 aromatic carbocycles. The monoisotopic (exact) mass is 395 g/mol. The molecule has 144 valence electrons. The minimum Gasteiger partial charge on any atom is -0.494 e. The average Bonchev–Trinajstić information content (AvgIpc) is 2.73. The third kappa shape index (κ3) is 5.27. The van der Waals surface area contributed by atoms with Crippen molar-refractivity contribution < 1.29 is 14.2 Å². The van der Waals surface area contributed by atoms with Crippen LogP contribution in [0.15, 0.2) is 71.7 Å². The van der Waals surface area contributed by atoms with Gasteiger partial charge in [0.1, 0.15) is 12.4 Å². The standard InChI is InChI=1S/C23H22ClNO3/c1-3-27-20-11-9-19(10-12-20)25-15-18-13-21(24)23(22(14-18)26-2)28-16-17-7-5-4-6-8-17/h4-15H,3,16H2,1-2H3. The molecular weight excluding hydrogens is 374 g/mol. The molecule has 0 aliphatic rings. The lowest BCUT2D eigenvalue weighted by molar-refractivity contribution is 0.284. The van der Waals surface area contributed by atoms with Crippen molar-refractivity contribution in [3.8, 4) is 17.2 Å². The maximum absolute atomic E-state index is 6.43. The van der Waals surface area contributed by atoms with Crippen LogP contribution in [-0.4, -0.2) is 19.9 Å². The lowest BCUT2D eigenvalue weighted by Crippen LogP contribution is -1.99. The summed E-state index contributed by atoms with van der Waals surface area (Å²) in [6.45, 7) is 3.01. The Morgan fingerprint density at radius 2 is 1.71 bits per heavy atom. The van der Waals surface area contributed by atoms with E-state index in [1.54, 1.807) is 13.3 Å². The zero-order valence-electron chi connectivity index (χ0n) is 15.9. The summed E-state index contributed by atoms with van der Waals surface area (Å²) in [6, 6.07) is 21.2. The molecule has 0 spiro atoms. The second-order valence-corrected chi connectivity index (χ2v) is 6.40. The number of benzene rings is 3. The third-order valence-corrected chi connectivity index (χ3v) is 4.27. The van der Waals surface area contributed by atoms with Gasteiger partial charge >= 0.3 is 0 Å². The largest absolute Gasteiger partial charge is 0.494 e. The maximum Gasteiger partial charge on any atom is 0.180 e. The topological polar surface area (TPSA) is 40.0 Å². The van der Waals surface area contributed by atoms with Gasteiger partial charge in [0, 0.05) is 6.21 Å². The fourth-order valence-electron chi connectivity index (χ4n) is 2.63. The minimum absolute atomic E-state index is 0.413. The molecule has 0 heterocycles. The van der Waals surface area contributed by atoms with Crippen molar-refractivity contribution >= 4 is 23.5 Å². The predicted octanol–water partition coefficient (Wildman–Crippen LogP) is 6.08. The number of hydrogen-bond donors (Lipinski definition) is 0. The van der Waals surface area contributed by atoms with Crippen molar-refractivity contribution in [3.63, 3.8) is 0 Å². The highest BCUT2D eigenvalue weighted by atomic mass is 35.5. The Hall–Kier alpha value is -2.98. The number of aliphatic imine (C=N–C) groups is 1. The Balaban J connectivity index is 1.74. The van der Waals surface area contributed by atoms with E-state index < -0.39 is 0 Å². The molecule has 0 radical (unpaired) electrons. The fraction of sp³-hybridized carbons (Fsp3) is 0.174. The molecule has 28 heavy (non-hydrogen) atoms.